The lowest BCUT2D eigenvalue weighted by atomic mass is 9.89. The highest BCUT2D eigenvalue weighted by molar-refractivity contribution is 5.86. The van der Waals surface area contributed by atoms with Gasteiger partial charge in [-0.1, -0.05) is 6.92 Å². The van der Waals surface area contributed by atoms with Crippen molar-refractivity contribution >= 4 is 5.91 Å². The first-order valence-electron chi connectivity index (χ1n) is 7.65. The molecule has 1 atom stereocenters. The van der Waals surface area contributed by atoms with Crippen molar-refractivity contribution in [3.05, 3.63) is 0 Å². The third-order valence-electron chi connectivity index (χ3n) is 3.95. The summed E-state index contributed by atoms with van der Waals surface area (Å²) in [5.41, 5.74) is 5.23. The fourth-order valence-corrected chi connectivity index (χ4v) is 2.86. The summed E-state index contributed by atoms with van der Waals surface area (Å²) in [4.78, 5) is 14.5. The van der Waals surface area contributed by atoms with Gasteiger partial charge in [0.05, 0.1) is 0 Å². The van der Waals surface area contributed by atoms with Gasteiger partial charge in [-0.2, -0.15) is 0 Å². The van der Waals surface area contributed by atoms with Gasteiger partial charge in [-0.25, -0.2) is 0 Å². The molecule has 0 heterocycles. The summed E-state index contributed by atoms with van der Waals surface area (Å²) in [7, 11) is 0. The van der Waals surface area contributed by atoms with Gasteiger partial charge in [0, 0.05) is 18.6 Å². The maximum atomic E-state index is 12.1. The first-order valence-corrected chi connectivity index (χ1v) is 7.65. The van der Waals surface area contributed by atoms with Crippen LogP contribution >= 0.6 is 0 Å². The van der Waals surface area contributed by atoms with Gasteiger partial charge in [0.25, 0.3) is 0 Å². The molecule has 0 spiro atoms. The maximum absolute atomic E-state index is 12.1. The van der Waals surface area contributed by atoms with Crippen molar-refractivity contribution in [2.24, 2.45) is 11.7 Å². The lowest BCUT2D eigenvalue weighted by Gasteiger charge is -2.40. The lowest BCUT2D eigenvalue weighted by molar-refractivity contribution is -0.126. The molecule has 0 aromatic heterocycles. The third-order valence-corrected chi connectivity index (χ3v) is 3.95. The zero-order valence-electron chi connectivity index (χ0n) is 13.2. The monoisotopic (exact) mass is 269 g/mol. The van der Waals surface area contributed by atoms with E-state index in [0.29, 0.717) is 12.0 Å². The van der Waals surface area contributed by atoms with Crippen molar-refractivity contribution in [2.75, 3.05) is 13.1 Å². The third kappa shape index (κ3) is 4.18. The highest BCUT2D eigenvalue weighted by Crippen LogP contribution is 2.40. The summed E-state index contributed by atoms with van der Waals surface area (Å²) < 4.78 is 0. The molecule has 3 N–H and O–H groups in total. The van der Waals surface area contributed by atoms with E-state index in [1.807, 2.05) is 0 Å². The second-order valence-electron chi connectivity index (χ2n) is 6.47. The molecule has 0 bridgehead atoms. The Morgan fingerprint density at radius 3 is 2.26 bits per heavy atom. The van der Waals surface area contributed by atoms with Crippen LogP contribution in [-0.4, -0.2) is 41.5 Å². The van der Waals surface area contributed by atoms with Crippen LogP contribution in [0, 0.1) is 5.92 Å². The molecule has 1 aliphatic rings. The largest absolute Gasteiger partial charge is 0.368 e. The Morgan fingerprint density at radius 1 is 1.37 bits per heavy atom. The molecule has 0 aliphatic heterocycles. The van der Waals surface area contributed by atoms with Crippen molar-refractivity contribution in [3.8, 4) is 0 Å². The number of carbonyl (C=O) groups excluding carboxylic acids is 1. The van der Waals surface area contributed by atoms with Crippen LogP contribution in [0.5, 0.6) is 0 Å². The minimum atomic E-state index is -0.548. The van der Waals surface area contributed by atoms with Crippen molar-refractivity contribution in [2.45, 2.75) is 71.5 Å². The van der Waals surface area contributed by atoms with Crippen LogP contribution in [-0.2, 0) is 4.79 Å². The molecule has 1 rings (SSSR count). The smallest absolute Gasteiger partial charge is 0.239 e. The van der Waals surface area contributed by atoms with Crippen LogP contribution in [0.3, 0.4) is 0 Å². The Morgan fingerprint density at radius 2 is 1.95 bits per heavy atom. The number of carbonyl (C=O) groups is 1. The summed E-state index contributed by atoms with van der Waals surface area (Å²) in [5.74, 6) is 0.218. The van der Waals surface area contributed by atoms with E-state index >= 15 is 0 Å². The topological polar surface area (TPSA) is 58.4 Å². The molecule has 0 aromatic rings. The average Bonchev–Trinajstić information content (AvgIpc) is 3.09. The standard InChI is InChI=1S/C15H31N3O/c1-6-9-18(12(4)5)10-15(14(16)19,13-7-8-13)17-11(2)3/h11-13,17H,6-10H2,1-5H3,(H2,16,19). The summed E-state index contributed by atoms with van der Waals surface area (Å²) in [6, 6.07) is 0.704. The van der Waals surface area contributed by atoms with Crippen LogP contribution in [0.1, 0.15) is 53.9 Å². The van der Waals surface area contributed by atoms with Crippen molar-refractivity contribution in [3.63, 3.8) is 0 Å². The van der Waals surface area contributed by atoms with E-state index in [4.69, 9.17) is 5.73 Å². The molecule has 1 unspecified atom stereocenters. The SMILES string of the molecule is CCCN(CC(NC(C)C)(C(N)=O)C1CC1)C(C)C. The second kappa shape index (κ2) is 6.71. The molecule has 0 aromatic carbocycles. The zero-order chi connectivity index (χ0) is 14.6. The van der Waals surface area contributed by atoms with Crippen molar-refractivity contribution in [1.29, 1.82) is 0 Å². The number of nitrogens with zero attached hydrogens (tertiary/aromatic N) is 1. The zero-order valence-corrected chi connectivity index (χ0v) is 13.2. The Kier molecular flexibility index (Phi) is 5.81. The Labute approximate surface area is 118 Å². The molecule has 112 valence electrons. The lowest BCUT2D eigenvalue weighted by Crippen LogP contribution is -2.65. The number of primary amides is 1. The molecule has 0 radical (unpaired) electrons. The van der Waals surface area contributed by atoms with E-state index in [1.165, 1.54) is 0 Å². The van der Waals surface area contributed by atoms with Gasteiger partial charge < -0.3 is 5.73 Å². The molecule has 1 aliphatic carbocycles. The Bertz CT molecular complexity index is 300. The Balaban J connectivity index is 2.91. The van der Waals surface area contributed by atoms with Crippen LogP contribution in [0.2, 0.25) is 0 Å². The first kappa shape index (κ1) is 16.4. The van der Waals surface area contributed by atoms with E-state index in [-0.39, 0.29) is 11.9 Å². The molecule has 4 heteroatoms. The van der Waals surface area contributed by atoms with Gasteiger partial charge in [-0.15, -0.1) is 0 Å². The van der Waals surface area contributed by atoms with Gasteiger partial charge in [0.15, 0.2) is 0 Å². The van der Waals surface area contributed by atoms with Gasteiger partial charge in [0.1, 0.15) is 5.54 Å². The van der Waals surface area contributed by atoms with Crippen LogP contribution in [0.25, 0.3) is 0 Å². The number of hydrogen-bond donors (Lipinski definition) is 2. The first-order chi connectivity index (χ1) is 8.83. The molecule has 4 nitrogen and oxygen atoms in total. The van der Waals surface area contributed by atoms with Crippen molar-refractivity contribution in [1.82, 2.24) is 10.2 Å². The summed E-state index contributed by atoms with van der Waals surface area (Å²) in [6.07, 6.45) is 3.32. The molecular formula is C15H31N3O. The quantitative estimate of drug-likeness (QED) is 0.670. The summed E-state index contributed by atoms with van der Waals surface area (Å²) in [5, 5.41) is 3.48. The van der Waals surface area contributed by atoms with Crippen molar-refractivity contribution < 1.29 is 4.79 Å². The number of amides is 1. The normalized spacial score (nSPS) is 19.2. The number of nitrogens with two attached hydrogens (primary N) is 1. The highest BCUT2D eigenvalue weighted by Gasteiger charge is 2.50. The number of nitrogens with one attached hydrogen (secondary N) is 1. The minimum Gasteiger partial charge on any atom is -0.368 e. The van der Waals surface area contributed by atoms with Crippen LogP contribution < -0.4 is 11.1 Å². The van der Waals surface area contributed by atoms with Gasteiger partial charge >= 0.3 is 0 Å². The summed E-state index contributed by atoms with van der Waals surface area (Å²) >= 11 is 0. The highest BCUT2D eigenvalue weighted by atomic mass is 16.1. The van der Waals surface area contributed by atoms with E-state index in [1.54, 1.807) is 0 Å². The molecule has 1 amide bonds. The fourth-order valence-electron chi connectivity index (χ4n) is 2.86. The van der Waals surface area contributed by atoms with E-state index in [0.717, 1.165) is 32.4 Å². The van der Waals surface area contributed by atoms with E-state index in [2.05, 4.69) is 44.8 Å². The number of hydrogen-bond acceptors (Lipinski definition) is 3. The minimum absolute atomic E-state index is 0.189. The van der Waals surface area contributed by atoms with Crippen LogP contribution in [0.15, 0.2) is 0 Å². The Hall–Kier alpha value is -0.610. The van der Waals surface area contributed by atoms with Gasteiger partial charge in [-0.3, -0.25) is 15.0 Å². The predicted molar refractivity (Wildman–Crippen MR) is 79.9 cm³/mol. The van der Waals surface area contributed by atoms with Gasteiger partial charge in [-0.05, 0) is 59.4 Å². The molecule has 19 heavy (non-hydrogen) atoms. The second-order valence-corrected chi connectivity index (χ2v) is 6.47. The predicted octanol–water partition coefficient (Wildman–Crippen LogP) is 1.74. The van der Waals surface area contributed by atoms with E-state index < -0.39 is 5.54 Å². The molecule has 0 saturated heterocycles. The molecular weight excluding hydrogens is 238 g/mol. The number of rotatable bonds is 9. The molecule has 1 fully saturated rings. The van der Waals surface area contributed by atoms with Gasteiger partial charge in [0.2, 0.25) is 5.91 Å². The van der Waals surface area contributed by atoms with E-state index in [9.17, 15) is 4.79 Å². The van der Waals surface area contributed by atoms with Crippen LogP contribution in [0.4, 0.5) is 0 Å². The molecule has 1 saturated carbocycles. The fraction of sp³-hybridized carbons (Fsp3) is 0.933. The maximum Gasteiger partial charge on any atom is 0.239 e. The summed E-state index contributed by atoms with van der Waals surface area (Å²) in [6.45, 7) is 12.5. The average molecular weight is 269 g/mol.